The van der Waals surface area contributed by atoms with E-state index in [9.17, 15) is 9.59 Å². The second-order valence-corrected chi connectivity index (χ2v) is 10.3. The van der Waals surface area contributed by atoms with E-state index >= 15 is 0 Å². The van der Waals surface area contributed by atoms with Gasteiger partial charge in [-0.25, -0.2) is 29.5 Å². The Bertz CT molecular complexity index is 1670. The van der Waals surface area contributed by atoms with Crippen LogP contribution in [0.2, 0.25) is 0 Å². The van der Waals surface area contributed by atoms with Crippen molar-refractivity contribution in [1.82, 2.24) is 39.0 Å². The second kappa shape index (κ2) is 14.7. The van der Waals surface area contributed by atoms with E-state index in [1.807, 2.05) is 116 Å². The Labute approximate surface area is 245 Å². The zero-order valence-corrected chi connectivity index (χ0v) is 25.6. The number of benzene rings is 2. The Morgan fingerprint density at radius 3 is 1.21 bits per heavy atom. The van der Waals surface area contributed by atoms with E-state index < -0.39 is 0 Å². The van der Waals surface area contributed by atoms with Crippen molar-refractivity contribution in [2.24, 2.45) is 0 Å². The van der Waals surface area contributed by atoms with Gasteiger partial charge in [0.25, 0.3) is 0 Å². The number of nitrogens with one attached hydrogen (secondary N) is 2. The third kappa shape index (κ3) is 8.57. The maximum atomic E-state index is 11.5. The summed E-state index contributed by atoms with van der Waals surface area (Å²) in [5.74, 6) is 1.68. The number of fused-ring (bicyclic) bond motifs is 2. The average Bonchev–Trinajstić information content (AvgIpc) is 3.44. The Morgan fingerprint density at radius 1 is 0.571 bits per heavy atom. The predicted molar refractivity (Wildman–Crippen MR) is 169 cm³/mol. The van der Waals surface area contributed by atoms with Crippen LogP contribution >= 0.6 is 0 Å². The van der Waals surface area contributed by atoms with Crippen LogP contribution in [0.5, 0.6) is 0 Å². The monoisotopic (exact) mass is 568 g/mol. The number of aryl methyl sites for hydroxylation is 4. The third-order valence-electron chi connectivity index (χ3n) is 6.11. The van der Waals surface area contributed by atoms with E-state index in [4.69, 9.17) is 0 Å². The molecule has 0 aliphatic rings. The fourth-order valence-corrected chi connectivity index (χ4v) is 4.32. The number of imidazole rings is 2. The number of hydrogen-bond donors (Lipinski definition) is 2. The first-order valence-corrected chi connectivity index (χ1v) is 13.9. The summed E-state index contributed by atoms with van der Waals surface area (Å²) in [6.45, 7) is 15.7. The van der Waals surface area contributed by atoms with Gasteiger partial charge < -0.3 is 9.97 Å². The van der Waals surface area contributed by atoms with E-state index in [1.165, 1.54) is 0 Å². The SMILES string of the molecule is CC(C)n1c(=O)[nH]c2ccccc21.CC(C)n1c(=O)[nH]c2ccccc21.Cc1ccnc(C)n1.Cc1ccnc(C)n1. The molecular formula is C32H40N8O2. The number of hydrogen-bond acceptors (Lipinski definition) is 6. The molecule has 0 saturated carbocycles. The van der Waals surface area contributed by atoms with Crippen LogP contribution in [0.4, 0.5) is 0 Å². The van der Waals surface area contributed by atoms with Crippen molar-refractivity contribution in [1.29, 1.82) is 0 Å². The highest BCUT2D eigenvalue weighted by Crippen LogP contribution is 2.14. The molecular weight excluding hydrogens is 528 g/mol. The molecule has 0 amide bonds. The van der Waals surface area contributed by atoms with Crippen molar-refractivity contribution in [3.63, 3.8) is 0 Å². The second-order valence-electron chi connectivity index (χ2n) is 10.3. The minimum Gasteiger partial charge on any atom is -0.306 e. The molecule has 42 heavy (non-hydrogen) atoms. The van der Waals surface area contributed by atoms with Crippen molar-refractivity contribution in [3.8, 4) is 0 Å². The van der Waals surface area contributed by atoms with Crippen LogP contribution in [0.25, 0.3) is 22.1 Å². The summed E-state index contributed by atoms with van der Waals surface area (Å²) in [5, 5.41) is 0. The van der Waals surface area contributed by atoms with Gasteiger partial charge in [0.05, 0.1) is 22.1 Å². The summed E-state index contributed by atoms with van der Waals surface area (Å²) >= 11 is 0. The Hall–Kier alpha value is -4.86. The maximum absolute atomic E-state index is 11.5. The molecule has 0 atom stereocenters. The van der Waals surface area contributed by atoms with Crippen LogP contribution in [0, 0.1) is 27.7 Å². The first-order chi connectivity index (χ1) is 20.0. The number of aromatic nitrogens is 8. The zero-order chi connectivity index (χ0) is 30.8. The number of rotatable bonds is 2. The van der Waals surface area contributed by atoms with Crippen LogP contribution in [-0.2, 0) is 0 Å². The molecule has 10 nitrogen and oxygen atoms in total. The van der Waals surface area contributed by atoms with Crippen LogP contribution in [0.15, 0.2) is 82.6 Å². The lowest BCUT2D eigenvalue weighted by Gasteiger charge is -2.05. The molecule has 6 aromatic rings. The molecule has 2 aromatic carbocycles. The predicted octanol–water partition coefficient (Wildman–Crippen LogP) is 6.01. The first-order valence-electron chi connectivity index (χ1n) is 13.9. The average molecular weight is 569 g/mol. The lowest BCUT2D eigenvalue weighted by atomic mass is 10.3. The molecule has 0 radical (unpaired) electrons. The van der Waals surface area contributed by atoms with E-state index in [1.54, 1.807) is 21.5 Å². The fraction of sp³-hybridized carbons (Fsp3) is 0.312. The molecule has 220 valence electrons. The quantitative estimate of drug-likeness (QED) is 0.263. The van der Waals surface area contributed by atoms with E-state index in [2.05, 4.69) is 29.9 Å². The van der Waals surface area contributed by atoms with Gasteiger partial charge in [0.15, 0.2) is 0 Å². The van der Waals surface area contributed by atoms with Crippen molar-refractivity contribution in [2.45, 2.75) is 67.5 Å². The first kappa shape index (κ1) is 31.7. The van der Waals surface area contributed by atoms with Gasteiger partial charge >= 0.3 is 11.4 Å². The third-order valence-corrected chi connectivity index (χ3v) is 6.11. The van der Waals surface area contributed by atoms with Crippen LogP contribution < -0.4 is 11.4 Å². The van der Waals surface area contributed by atoms with Gasteiger partial charge in [-0.3, -0.25) is 9.13 Å². The molecule has 0 aliphatic heterocycles. The maximum Gasteiger partial charge on any atom is 0.326 e. The number of nitrogens with zero attached hydrogens (tertiary/aromatic N) is 6. The Kier molecular flexibility index (Phi) is 11.1. The van der Waals surface area contributed by atoms with Gasteiger partial charge in [0, 0.05) is 35.9 Å². The molecule has 6 rings (SSSR count). The molecule has 10 heteroatoms. The standard InChI is InChI=1S/2C10H12N2O.2C6H8N2/c2*1-7(2)12-9-6-4-3-5-8(9)11-10(12)13;2*1-5-3-4-7-6(2)8-5/h2*3-7H,1-2H3,(H,11,13);2*3-4H,1-2H3. The van der Waals surface area contributed by atoms with Crippen LogP contribution in [0.1, 0.15) is 62.8 Å². The van der Waals surface area contributed by atoms with Crippen molar-refractivity contribution in [3.05, 3.63) is 117 Å². The van der Waals surface area contributed by atoms with Crippen molar-refractivity contribution < 1.29 is 0 Å². The molecule has 0 fully saturated rings. The number of H-pyrrole nitrogens is 2. The Morgan fingerprint density at radius 2 is 0.929 bits per heavy atom. The summed E-state index contributed by atoms with van der Waals surface area (Å²) in [6, 6.07) is 19.6. The topological polar surface area (TPSA) is 127 Å². The number of aromatic amines is 2. The largest absolute Gasteiger partial charge is 0.326 e. The molecule has 0 bridgehead atoms. The van der Waals surface area contributed by atoms with Gasteiger partial charge in [-0.05, 0) is 91.8 Å². The Balaban J connectivity index is 0.000000158. The summed E-state index contributed by atoms with van der Waals surface area (Å²) in [5.41, 5.74) is 5.75. The zero-order valence-electron chi connectivity index (χ0n) is 25.6. The fourth-order valence-electron chi connectivity index (χ4n) is 4.32. The van der Waals surface area contributed by atoms with E-state index in [-0.39, 0.29) is 23.5 Å². The summed E-state index contributed by atoms with van der Waals surface area (Å²) in [4.78, 5) is 44.6. The lowest BCUT2D eigenvalue weighted by Crippen LogP contribution is -2.18. The van der Waals surface area contributed by atoms with Crippen LogP contribution in [0.3, 0.4) is 0 Å². The highest BCUT2D eigenvalue weighted by atomic mass is 16.1. The molecule has 4 heterocycles. The summed E-state index contributed by atoms with van der Waals surface area (Å²) < 4.78 is 3.52. The van der Waals surface area contributed by atoms with Gasteiger partial charge in [-0.1, -0.05) is 24.3 Å². The van der Waals surface area contributed by atoms with E-state index in [0.29, 0.717) is 0 Å². The lowest BCUT2D eigenvalue weighted by molar-refractivity contribution is 0.597. The van der Waals surface area contributed by atoms with Crippen molar-refractivity contribution in [2.75, 3.05) is 0 Å². The molecule has 0 unspecified atom stereocenters. The highest BCUT2D eigenvalue weighted by Gasteiger charge is 2.08. The van der Waals surface area contributed by atoms with Gasteiger partial charge in [0.2, 0.25) is 0 Å². The molecule has 0 saturated heterocycles. The molecule has 0 spiro atoms. The summed E-state index contributed by atoms with van der Waals surface area (Å²) in [7, 11) is 0. The van der Waals surface area contributed by atoms with Crippen molar-refractivity contribution >= 4 is 22.1 Å². The summed E-state index contributed by atoms with van der Waals surface area (Å²) in [6.07, 6.45) is 3.52. The molecule has 4 aromatic heterocycles. The van der Waals surface area contributed by atoms with E-state index in [0.717, 1.165) is 45.1 Å². The smallest absolute Gasteiger partial charge is 0.306 e. The van der Waals surface area contributed by atoms with Gasteiger partial charge in [0.1, 0.15) is 11.6 Å². The minimum atomic E-state index is -0.0313. The molecule has 2 N–H and O–H groups in total. The van der Waals surface area contributed by atoms with Crippen LogP contribution in [-0.4, -0.2) is 39.0 Å². The minimum absolute atomic E-state index is 0.0313. The normalized spacial score (nSPS) is 10.5. The highest BCUT2D eigenvalue weighted by molar-refractivity contribution is 5.75. The van der Waals surface area contributed by atoms with Gasteiger partial charge in [-0.2, -0.15) is 0 Å². The van der Waals surface area contributed by atoms with Gasteiger partial charge in [-0.15, -0.1) is 0 Å². The number of para-hydroxylation sites is 4. The molecule has 0 aliphatic carbocycles.